The Morgan fingerprint density at radius 2 is 2.27 bits per heavy atom. The number of aliphatic hydroxyl groups excluding tert-OH is 1. The van der Waals surface area contributed by atoms with Crippen LogP contribution in [0, 0.1) is 5.41 Å². The summed E-state index contributed by atoms with van der Waals surface area (Å²) in [7, 11) is 1.38. The largest absolute Gasteiger partial charge is 0.465 e. The van der Waals surface area contributed by atoms with Crippen LogP contribution in [0.4, 0.5) is 5.13 Å². The first-order valence-corrected chi connectivity index (χ1v) is 11.2. The lowest BCUT2D eigenvalue weighted by molar-refractivity contribution is 0.0289. The standard InChI is InChI=1S/C22H29N3O4S/c1-16(10-18-4-3-9-29-18)13-24-7-5-22(6-8-24)11-17(26)14-25(15-22)21-23-12-19(30-21)20(27)28-2/h3-4,9-10,12,17,26H,5-8,11,13-15H2,1-2H3/b16-10+. The summed E-state index contributed by atoms with van der Waals surface area (Å²) in [6, 6.07) is 3.87. The lowest BCUT2D eigenvalue weighted by Gasteiger charge is -2.49. The van der Waals surface area contributed by atoms with E-state index in [2.05, 4.69) is 27.8 Å². The van der Waals surface area contributed by atoms with Crippen LogP contribution in [0.25, 0.3) is 6.08 Å². The monoisotopic (exact) mass is 431 g/mol. The Bertz CT molecular complexity index is 884. The van der Waals surface area contributed by atoms with Crippen molar-refractivity contribution in [3.05, 3.63) is 40.8 Å². The van der Waals surface area contributed by atoms with Crippen molar-refractivity contribution in [2.75, 3.05) is 44.7 Å². The third-order valence-electron chi connectivity index (χ3n) is 6.10. The maximum Gasteiger partial charge on any atom is 0.349 e. The number of hydrogen-bond donors (Lipinski definition) is 1. The van der Waals surface area contributed by atoms with Crippen molar-refractivity contribution in [3.8, 4) is 0 Å². The maximum absolute atomic E-state index is 11.8. The first-order valence-electron chi connectivity index (χ1n) is 10.4. The van der Waals surface area contributed by atoms with E-state index in [9.17, 15) is 9.90 Å². The average molecular weight is 432 g/mol. The van der Waals surface area contributed by atoms with Gasteiger partial charge in [-0.25, -0.2) is 9.78 Å². The molecule has 2 aliphatic heterocycles. The Balaban J connectivity index is 1.37. The number of hydrogen-bond acceptors (Lipinski definition) is 8. The molecule has 2 aliphatic rings. The van der Waals surface area contributed by atoms with Crippen molar-refractivity contribution in [2.24, 2.45) is 5.41 Å². The van der Waals surface area contributed by atoms with Crippen LogP contribution in [0.5, 0.6) is 0 Å². The molecule has 2 aromatic heterocycles. The van der Waals surface area contributed by atoms with Gasteiger partial charge in [-0.2, -0.15) is 0 Å². The van der Waals surface area contributed by atoms with Gasteiger partial charge in [-0.1, -0.05) is 16.9 Å². The van der Waals surface area contributed by atoms with Crippen molar-refractivity contribution in [2.45, 2.75) is 32.3 Å². The average Bonchev–Trinajstić information content (AvgIpc) is 3.41. The van der Waals surface area contributed by atoms with Gasteiger partial charge in [0.25, 0.3) is 0 Å². The molecule has 4 rings (SSSR count). The van der Waals surface area contributed by atoms with Gasteiger partial charge in [-0.15, -0.1) is 0 Å². The highest BCUT2D eigenvalue weighted by Gasteiger charge is 2.42. The lowest BCUT2D eigenvalue weighted by atomic mass is 9.71. The molecular weight excluding hydrogens is 402 g/mol. The molecule has 1 spiro atoms. The second-order valence-electron chi connectivity index (χ2n) is 8.52. The van der Waals surface area contributed by atoms with Crippen LogP contribution in [-0.4, -0.2) is 66.9 Å². The van der Waals surface area contributed by atoms with E-state index in [0.29, 0.717) is 11.4 Å². The molecule has 1 unspecified atom stereocenters. The number of carbonyl (C=O) groups excluding carboxylic acids is 1. The lowest BCUT2D eigenvalue weighted by Crippen LogP contribution is -2.54. The zero-order valence-corrected chi connectivity index (χ0v) is 18.4. The van der Waals surface area contributed by atoms with E-state index in [0.717, 1.165) is 56.3 Å². The Kier molecular flexibility index (Phi) is 6.26. The number of piperidine rings is 2. The molecule has 2 fully saturated rings. The van der Waals surface area contributed by atoms with E-state index in [4.69, 9.17) is 9.15 Å². The summed E-state index contributed by atoms with van der Waals surface area (Å²) in [5.41, 5.74) is 1.37. The van der Waals surface area contributed by atoms with Crippen molar-refractivity contribution in [1.29, 1.82) is 0 Å². The molecule has 162 valence electrons. The number of β-amino-alcohol motifs (C(OH)–C–C–N with tert-alkyl or cyclic N) is 1. The number of rotatable bonds is 5. The number of ether oxygens (including phenoxy) is 1. The molecule has 0 radical (unpaired) electrons. The second-order valence-corrected chi connectivity index (χ2v) is 9.53. The van der Waals surface area contributed by atoms with E-state index >= 15 is 0 Å². The zero-order valence-electron chi connectivity index (χ0n) is 17.5. The van der Waals surface area contributed by atoms with Gasteiger partial charge in [0.05, 0.1) is 25.7 Å². The number of likely N-dealkylation sites (tertiary alicyclic amines) is 1. The number of esters is 1. The van der Waals surface area contributed by atoms with Gasteiger partial charge in [0, 0.05) is 19.6 Å². The summed E-state index contributed by atoms with van der Waals surface area (Å²) in [4.78, 5) is 21.3. The van der Waals surface area contributed by atoms with Gasteiger partial charge in [-0.3, -0.25) is 4.90 Å². The molecule has 2 saturated heterocycles. The number of thiazole rings is 1. The molecular formula is C22H29N3O4S. The quantitative estimate of drug-likeness (QED) is 0.728. The van der Waals surface area contributed by atoms with Crippen molar-refractivity contribution in [1.82, 2.24) is 9.88 Å². The van der Waals surface area contributed by atoms with Crippen LogP contribution in [0.15, 0.2) is 34.6 Å². The highest BCUT2D eigenvalue weighted by Crippen LogP contribution is 2.42. The Morgan fingerprint density at radius 1 is 1.47 bits per heavy atom. The minimum atomic E-state index is -0.378. The normalized spacial score (nSPS) is 22.4. The SMILES string of the molecule is COC(=O)c1cnc(N2CC(O)CC3(CCN(C/C(C)=C/c4ccco4)CC3)C2)s1. The Hall–Kier alpha value is -2.16. The third kappa shape index (κ3) is 4.77. The van der Waals surface area contributed by atoms with Gasteiger partial charge in [0.15, 0.2) is 5.13 Å². The third-order valence-corrected chi connectivity index (χ3v) is 7.14. The van der Waals surface area contributed by atoms with Crippen LogP contribution in [-0.2, 0) is 4.74 Å². The number of methoxy groups -OCH3 is 1. The van der Waals surface area contributed by atoms with Crippen LogP contribution >= 0.6 is 11.3 Å². The summed E-state index contributed by atoms with van der Waals surface area (Å²) in [6.07, 6.45) is 7.90. The minimum Gasteiger partial charge on any atom is -0.465 e. The fourth-order valence-corrected chi connectivity index (χ4v) is 5.51. The van der Waals surface area contributed by atoms with Crippen LogP contribution in [0.2, 0.25) is 0 Å². The highest BCUT2D eigenvalue weighted by atomic mass is 32.1. The summed E-state index contributed by atoms with van der Waals surface area (Å²) in [5, 5.41) is 11.4. The van der Waals surface area contributed by atoms with Crippen molar-refractivity contribution >= 4 is 28.5 Å². The highest BCUT2D eigenvalue weighted by molar-refractivity contribution is 7.17. The smallest absolute Gasteiger partial charge is 0.349 e. The van der Waals surface area contributed by atoms with Crippen LogP contribution < -0.4 is 4.90 Å². The van der Waals surface area contributed by atoms with Crippen molar-refractivity contribution < 1.29 is 19.1 Å². The van der Waals surface area contributed by atoms with Crippen LogP contribution in [0.3, 0.4) is 0 Å². The Labute approximate surface area is 181 Å². The number of aromatic nitrogens is 1. The molecule has 4 heterocycles. The number of aliphatic hydroxyl groups is 1. The summed E-state index contributed by atoms with van der Waals surface area (Å²) in [6.45, 7) is 6.51. The molecule has 2 aromatic rings. The van der Waals surface area contributed by atoms with E-state index < -0.39 is 0 Å². The summed E-state index contributed by atoms with van der Waals surface area (Å²) >= 11 is 1.33. The number of anilines is 1. The predicted octanol–water partition coefficient (Wildman–Crippen LogP) is 3.28. The number of furan rings is 1. The first-order chi connectivity index (χ1) is 14.5. The molecule has 1 N–H and O–H groups in total. The van der Waals surface area contributed by atoms with Gasteiger partial charge in [0.2, 0.25) is 0 Å². The summed E-state index contributed by atoms with van der Waals surface area (Å²) < 4.78 is 10.2. The van der Waals surface area contributed by atoms with Gasteiger partial charge >= 0.3 is 5.97 Å². The number of nitrogens with zero attached hydrogens (tertiary/aromatic N) is 3. The van der Waals surface area contributed by atoms with E-state index in [-0.39, 0.29) is 17.5 Å². The fourth-order valence-electron chi connectivity index (χ4n) is 4.67. The molecule has 30 heavy (non-hydrogen) atoms. The second kappa shape index (κ2) is 8.91. The summed E-state index contributed by atoms with van der Waals surface area (Å²) in [5.74, 6) is 0.527. The molecule has 0 aliphatic carbocycles. The molecule has 0 aromatic carbocycles. The molecule has 0 bridgehead atoms. The molecule has 0 amide bonds. The zero-order chi connectivity index (χ0) is 21.1. The molecule has 1 atom stereocenters. The molecule has 0 saturated carbocycles. The topological polar surface area (TPSA) is 79.0 Å². The van der Waals surface area contributed by atoms with E-state index in [1.165, 1.54) is 24.0 Å². The van der Waals surface area contributed by atoms with Gasteiger partial charge < -0.3 is 19.2 Å². The fraction of sp³-hybridized carbons (Fsp3) is 0.545. The van der Waals surface area contributed by atoms with Crippen LogP contribution in [0.1, 0.15) is 41.6 Å². The first kappa shape index (κ1) is 21.1. The molecule has 8 heteroatoms. The Morgan fingerprint density at radius 3 is 2.97 bits per heavy atom. The molecule has 7 nitrogen and oxygen atoms in total. The minimum absolute atomic E-state index is 0.0872. The maximum atomic E-state index is 11.8. The predicted molar refractivity (Wildman–Crippen MR) is 117 cm³/mol. The van der Waals surface area contributed by atoms with Crippen molar-refractivity contribution in [3.63, 3.8) is 0 Å². The van der Waals surface area contributed by atoms with Gasteiger partial charge in [0.1, 0.15) is 10.6 Å². The van der Waals surface area contributed by atoms with Gasteiger partial charge in [-0.05, 0) is 62.9 Å². The van der Waals surface area contributed by atoms with E-state index in [1.807, 2.05) is 12.1 Å². The number of carbonyl (C=O) groups is 1. The van der Waals surface area contributed by atoms with E-state index in [1.54, 1.807) is 12.5 Å².